The van der Waals surface area contributed by atoms with Crippen LogP contribution in [-0.2, 0) is 5.06 Å². The Morgan fingerprint density at radius 3 is 2.79 bits per heavy atom. The maximum Gasteiger partial charge on any atom is 0.168 e. The van der Waals surface area contributed by atoms with Crippen LogP contribution in [0.2, 0.25) is 0 Å². The van der Waals surface area contributed by atoms with E-state index >= 15 is 0 Å². The van der Waals surface area contributed by atoms with Gasteiger partial charge in [-0.2, -0.15) is 0 Å². The fourth-order valence-electron chi connectivity index (χ4n) is 1.73. The van der Waals surface area contributed by atoms with E-state index in [2.05, 4.69) is 0 Å². The van der Waals surface area contributed by atoms with Crippen molar-refractivity contribution < 1.29 is 10.2 Å². The molecule has 74 valence electrons. The molecule has 0 amide bonds. The Hall–Kier alpha value is -0.830. The first-order valence-electron chi connectivity index (χ1n) is 4.46. The molecular formula is C11H11ClO2. The Bertz CT molecular complexity index is 383. The van der Waals surface area contributed by atoms with Crippen molar-refractivity contribution in [2.45, 2.75) is 11.5 Å². The molecule has 1 aromatic carbocycles. The Kier molecular flexibility index (Phi) is 2.35. The number of alkyl halides is 1. The first-order valence-corrected chi connectivity index (χ1v) is 4.84. The third-order valence-electron chi connectivity index (χ3n) is 2.48. The van der Waals surface area contributed by atoms with Gasteiger partial charge in [0.1, 0.15) is 0 Å². The van der Waals surface area contributed by atoms with Crippen LogP contribution in [0.1, 0.15) is 17.5 Å². The standard InChI is InChI=1S/C11H11ClO2/c12-11(14)6-5-8(7-13)9-3-1-2-4-10(9)11/h1-5,13-14H,6-7H2/t11-/m1/s1. The van der Waals surface area contributed by atoms with Gasteiger partial charge in [-0.1, -0.05) is 41.9 Å². The maximum absolute atomic E-state index is 9.88. The SMILES string of the molecule is OCC1=CC[C@](O)(Cl)c2ccccc21. The minimum atomic E-state index is -1.32. The minimum Gasteiger partial charge on any atom is -0.392 e. The molecule has 2 nitrogen and oxygen atoms in total. The first-order chi connectivity index (χ1) is 6.65. The average molecular weight is 211 g/mol. The number of aliphatic hydroxyl groups is 2. The van der Waals surface area contributed by atoms with E-state index in [1.54, 1.807) is 12.1 Å². The van der Waals surface area contributed by atoms with E-state index in [0.717, 1.165) is 11.1 Å². The highest BCUT2D eigenvalue weighted by molar-refractivity contribution is 6.23. The van der Waals surface area contributed by atoms with E-state index in [1.165, 1.54) is 0 Å². The highest BCUT2D eigenvalue weighted by atomic mass is 35.5. The molecule has 0 fully saturated rings. The molecule has 1 aromatic rings. The third kappa shape index (κ3) is 1.46. The number of hydrogen-bond donors (Lipinski definition) is 2. The molecule has 14 heavy (non-hydrogen) atoms. The predicted molar refractivity (Wildman–Crippen MR) is 55.9 cm³/mol. The zero-order valence-electron chi connectivity index (χ0n) is 7.57. The van der Waals surface area contributed by atoms with E-state index in [1.807, 2.05) is 18.2 Å². The van der Waals surface area contributed by atoms with E-state index in [-0.39, 0.29) is 6.61 Å². The van der Waals surface area contributed by atoms with Gasteiger partial charge in [-0.05, 0) is 11.1 Å². The van der Waals surface area contributed by atoms with Crippen LogP contribution in [0.5, 0.6) is 0 Å². The normalized spacial score (nSPS) is 25.5. The van der Waals surface area contributed by atoms with Crippen LogP contribution >= 0.6 is 11.6 Å². The average Bonchev–Trinajstić information content (AvgIpc) is 2.18. The summed E-state index contributed by atoms with van der Waals surface area (Å²) in [5.41, 5.74) is 2.33. The van der Waals surface area contributed by atoms with Crippen molar-refractivity contribution in [2.75, 3.05) is 6.61 Å². The second-order valence-electron chi connectivity index (χ2n) is 3.40. The van der Waals surface area contributed by atoms with Gasteiger partial charge in [-0.15, -0.1) is 0 Å². The van der Waals surface area contributed by atoms with E-state index in [9.17, 15) is 5.11 Å². The first kappa shape index (κ1) is 9.71. The second kappa shape index (κ2) is 3.39. The van der Waals surface area contributed by atoms with Crippen LogP contribution in [0.15, 0.2) is 30.3 Å². The van der Waals surface area contributed by atoms with E-state index in [0.29, 0.717) is 12.0 Å². The molecule has 1 atom stereocenters. The van der Waals surface area contributed by atoms with Gasteiger partial charge in [0.2, 0.25) is 0 Å². The largest absolute Gasteiger partial charge is 0.392 e. The fourth-order valence-corrected chi connectivity index (χ4v) is 1.97. The Morgan fingerprint density at radius 1 is 1.36 bits per heavy atom. The lowest BCUT2D eigenvalue weighted by Crippen LogP contribution is -2.22. The molecule has 1 aliphatic rings. The summed E-state index contributed by atoms with van der Waals surface area (Å²) in [7, 11) is 0. The summed E-state index contributed by atoms with van der Waals surface area (Å²) in [5, 5.41) is 17.7. The number of fused-ring (bicyclic) bond motifs is 1. The van der Waals surface area contributed by atoms with Gasteiger partial charge in [0, 0.05) is 12.0 Å². The zero-order valence-corrected chi connectivity index (χ0v) is 8.33. The summed E-state index contributed by atoms with van der Waals surface area (Å²) in [4.78, 5) is 0. The molecular weight excluding hydrogens is 200 g/mol. The topological polar surface area (TPSA) is 40.5 Å². The number of benzene rings is 1. The smallest absolute Gasteiger partial charge is 0.168 e. The van der Waals surface area contributed by atoms with Gasteiger partial charge in [0.25, 0.3) is 0 Å². The van der Waals surface area contributed by atoms with Crippen LogP contribution in [0, 0.1) is 0 Å². The molecule has 0 aliphatic heterocycles. The van der Waals surface area contributed by atoms with Crippen LogP contribution in [0.3, 0.4) is 0 Å². The molecule has 0 saturated heterocycles. The lowest BCUT2D eigenvalue weighted by molar-refractivity contribution is 0.130. The summed E-state index contributed by atoms with van der Waals surface area (Å²) in [6.45, 7) is -0.0238. The summed E-state index contributed by atoms with van der Waals surface area (Å²) in [5.74, 6) is 0. The second-order valence-corrected chi connectivity index (χ2v) is 4.02. The molecule has 0 heterocycles. The quantitative estimate of drug-likeness (QED) is 0.695. The van der Waals surface area contributed by atoms with Gasteiger partial charge in [0.15, 0.2) is 5.06 Å². The monoisotopic (exact) mass is 210 g/mol. The maximum atomic E-state index is 9.88. The predicted octanol–water partition coefficient (Wildman–Crippen LogP) is 1.85. The van der Waals surface area contributed by atoms with Crippen molar-refractivity contribution in [1.29, 1.82) is 0 Å². The highest BCUT2D eigenvalue weighted by Gasteiger charge is 2.31. The Balaban J connectivity index is 2.58. The molecule has 0 bridgehead atoms. The minimum absolute atomic E-state index is 0.0238. The molecule has 2 rings (SSSR count). The summed E-state index contributed by atoms with van der Waals surface area (Å²) in [6, 6.07) is 7.32. The Labute approximate surface area is 87.5 Å². The van der Waals surface area contributed by atoms with Crippen LogP contribution < -0.4 is 0 Å². The van der Waals surface area contributed by atoms with E-state index < -0.39 is 5.06 Å². The molecule has 0 unspecified atom stereocenters. The van der Waals surface area contributed by atoms with Crippen molar-refractivity contribution in [3.8, 4) is 0 Å². The lowest BCUT2D eigenvalue weighted by atomic mass is 9.89. The van der Waals surface area contributed by atoms with Gasteiger partial charge in [0.05, 0.1) is 6.61 Å². The number of hydrogen-bond acceptors (Lipinski definition) is 2. The third-order valence-corrected chi connectivity index (χ3v) is 2.83. The number of rotatable bonds is 1. The van der Waals surface area contributed by atoms with Crippen molar-refractivity contribution >= 4 is 17.2 Å². The number of aliphatic hydroxyl groups excluding tert-OH is 1. The molecule has 0 radical (unpaired) electrons. The van der Waals surface area contributed by atoms with Crippen LogP contribution in [0.25, 0.3) is 5.57 Å². The van der Waals surface area contributed by atoms with Crippen molar-refractivity contribution in [3.63, 3.8) is 0 Å². The number of halogens is 1. The summed E-state index contributed by atoms with van der Waals surface area (Å²) >= 11 is 5.95. The summed E-state index contributed by atoms with van der Waals surface area (Å²) < 4.78 is 0. The lowest BCUT2D eigenvalue weighted by Gasteiger charge is -2.27. The van der Waals surface area contributed by atoms with Gasteiger partial charge in [-0.25, -0.2) is 0 Å². The van der Waals surface area contributed by atoms with E-state index in [4.69, 9.17) is 16.7 Å². The molecule has 3 heteroatoms. The van der Waals surface area contributed by atoms with Crippen molar-refractivity contribution in [2.24, 2.45) is 0 Å². The van der Waals surface area contributed by atoms with Crippen molar-refractivity contribution in [3.05, 3.63) is 41.5 Å². The van der Waals surface area contributed by atoms with Gasteiger partial charge in [-0.3, -0.25) is 0 Å². The zero-order chi connectivity index (χ0) is 10.2. The van der Waals surface area contributed by atoms with Gasteiger partial charge < -0.3 is 10.2 Å². The summed E-state index contributed by atoms with van der Waals surface area (Å²) in [6.07, 6.45) is 2.11. The van der Waals surface area contributed by atoms with Gasteiger partial charge >= 0.3 is 0 Å². The molecule has 2 N–H and O–H groups in total. The molecule has 0 spiro atoms. The van der Waals surface area contributed by atoms with Crippen molar-refractivity contribution in [1.82, 2.24) is 0 Å². The van der Waals surface area contributed by atoms with Crippen LogP contribution in [0.4, 0.5) is 0 Å². The highest BCUT2D eigenvalue weighted by Crippen LogP contribution is 2.39. The molecule has 0 saturated carbocycles. The molecule has 0 aromatic heterocycles. The van der Waals surface area contributed by atoms with Crippen LogP contribution in [-0.4, -0.2) is 16.8 Å². The Morgan fingerprint density at radius 2 is 2.07 bits per heavy atom. The molecule has 1 aliphatic carbocycles. The fraction of sp³-hybridized carbons (Fsp3) is 0.273.